The molecule has 1 aromatic heterocycles. The number of methoxy groups -OCH3 is 1. The van der Waals surface area contributed by atoms with Crippen LogP contribution in [0.25, 0.3) is 11.5 Å². The van der Waals surface area contributed by atoms with E-state index in [0.717, 1.165) is 5.56 Å². The summed E-state index contributed by atoms with van der Waals surface area (Å²) >= 11 is 0. The molecule has 3 rings (SSSR count). The fraction of sp³-hybridized carbons (Fsp3) is 0.200. The molecule has 2 aromatic carbocycles. The highest BCUT2D eigenvalue weighted by atomic mass is 19.1. The Morgan fingerprint density at radius 1 is 1.23 bits per heavy atom. The van der Waals surface area contributed by atoms with Crippen molar-refractivity contribution in [2.45, 2.75) is 13.0 Å². The predicted octanol–water partition coefficient (Wildman–Crippen LogP) is 3.69. The lowest BCUT2D eigenvalue weighted by atomic mass is 10.2. The van der Waals surface area contributed by atoms with E-state index in [2.05, 4.69) is 4.98 Å². The average molecular weight is 354 g/mol. The fourth-order valence-corrected chi connectivity index (χ4v) is 2.56. The van der Waals surface area contributed by atoms with Crippen molar-refractivity contribution in [1.82, 2.24) is 9.88 Å². The van der Waals surface area contributed by atoms with Crippen LogP contribution in [0.15, 0.2) is 59.2 Å². The molecule has 0 unspecified atom stereocenters. The van der Waals surface area contributed by atoms with Crippen molar-refractivity contribution in [1.29, 1.82) is 0 Å². The molecule has 0 radical (unpaired) electrons. The first-order valence-electron chi connectivity index (χ1n) is 8.13. The van der Waals surface area contributed by atoms with Gasteiger partial charge in [-0.3, -0.25) is 4.79 Å². The zero-order valence-corrected chi connectivity index (χ0v) is 14.6. The van der Waals surface area contributed by atoms with Crippen LogP contribution < -0.4 is 4.74 Å². The zero-order valence-electron chi connectivity index (χ0n) is 14.6. The molecule has 0 bridgehead atoms. The molecule has 0 spiro atoms. The van der Waals surface area contributed by atoms with Gasteiger partial charge in [-0.25, -0.2) is 9.37 Å². The van der Waals surface area contributed by atoms with Crippen molar-refractivity contribution in [2.75, 3.05) is 14.2 Å². The van der Waals surface area contributed by atoms with Crippen LogP contribution in [-0.4, -0.2) is 29.9 Å². The topological polar surface area (TPSA) is 55.6 Å². The third kappa shape index (κ3) is 4.08. The minimum absolute atomic E-state index is 0.117. The Morgan fingerprint density at radius 3 is 2.69 bits per heavy atom. The third-order valence-electron chi connectivity index (χ3n) is 3.97. The second-order valence-corrected chi connectivity index (χ2v) is 5.91. The maximum Gasteiger partial charge on any atom is 0.228 e. The maximum atomic E-state index is 13.8. The molecule has 0 N–H and O–H groups in total. The average Bonchev–Trinajstić information content (AvgIpc) is 3.11. The number of oxazole rings is 1. The van der Waals surface area contributed by atoms with Gasteiger partial charge in [-0.1, -0.05) is 24.3 Å². The van der Waals surface area contributed by atoms with Crippen molar-refractivity contribution >= 4 is 5.91 Å². The van der Waals surface area contributed by atoms with Crippen molar-refractivity contribution < 1.29 is 18.3 Å². The molecule has 6 heteroatoms. The number of nitrogens with zero attached hydrogens (tertiary/aromatic N) is 2. The van der Waals surface area contributed by atoms with Crippen LogP contribution in [0, 0.1) is 5.82 Å². The van der Waals surface area contributed by atoms with Crippen molar-refractivity contribution in [3.8, 4) is 17.2 Å². The Morgan fingerprint density at radius 2 is 2.00 bits per heavy atom. The fourth-order valence-electron chi connectivity index (χ4n) is 2.56. The lowest BCUT2D eigenvalue weighted by molar-refractivity contribution is -0.129. The van der Waals surface area contributed by atoms with Crippen LogP contribution in [0.4, 0.5) is 4.39 Å². The molecule has 1 amide bonds. The minimum Gasteiger partial charge on any atom is -0.494 e. The quantitative estimate of drug-likeness (QED) is 0.677. The van der Waals surface area contributed by atoms with Crippen molar-refractivity contribution in [3.63, 3.8) is 0 Å². The molecule has 0 aliphatic rings. The van der Waals surface area contributed by atoms with Crippen LogP contribution in [0.1, 0.15) is 11.3 Å². The summed E-state index contributed by atoms with van der Waals surface area (Å²) in [4.78, 5) is 18.3. The van der Waals surface area contributed by atoms with Crippen LogP contribution in [0.2, 0.25) is 0 Å². The smallest absolute Gasteiger partial charge is 0.228 e. The molecule has 5 nitrogen and oxygen atoms in total. The SMILES string of the molecule is COc1ccc(CN(C)C(=O)Cc2coc(-c3ccccc3)n2)cc1F. The number of carbonyl (C=O) groups is 1. The molecular formula is C20H19FN2O3. The molecule has 0 aliphatic carbocycles. The summed E-state index contributed by atoms with van der Waals surface area (Å²) in [5.41, 5.74) is 2.10. The molecule has 0 aliphatic heterocycles. The van der Waals surface area contributed by atoms with Crippen molar-refractivity contribution in [3.05, 3.63) is 71.9 Å². The molecule has 134 valence electrons. The van der Waals surface area contributed by atoms with Gasteiger partial charge in [0, 0.05) is 19.2 Å². The number of amides is 1. The summed E-state index contributed by atoms with van der Waals surface area (Å²) in [5, 5.41) is 0. The highest BCUT2D eigenvalue weighted by Gasteiger charge is 2.15. The summed E-state index contributed by atoms with van der Waals surface area (Å²) in [7, 11) is 3.08. The molecule has 1 heterocycles. The molecule has 3 aromatic rings. The Kier molecular flexibility index (Phi) is 5.31. The summed E-state index contributed by atoms with van der Waals surface area (Å²) < 4.78 is 24.1. The van der Waals surface area contributed by atoms with E-state index in [1.54, 1.807) is 19.2 Å². The van der Waals surface area contributed by atoms with Gasteiger partial charge >= 0.3 is 0 Å². The van der Waals surface area contributed by atoms with Gasteiger partial charge in [-0.15, -0.1) is 0 Å². The maximum absolute atomic E-state index is 13.8. The third-order valence-corrected chi connectivity index (χ3v) is 3.97. The van der Waals surface area contributed by atoms with E-state index in [4.69, 9.17) is 9.15 Å². The number of hydrogen-bond acceptors (Lipinski definition) is 4. The molecule has 0 atom stereocenters. The van der Waals surface area contributed by atoms with E-state index < -0.39 is 5.82 Å². The highest BCUT2D eigenvalue weighted by molar-refractivity contribution is 5.78. The first-order chi connectivity index (χ1) is 12.6. The predicted molar refractivity (Wildman–Crippen MR) is 95.1 cm³/mol. The van der Waals surface area contributed by atoms with Crippen LogP contribution in [0.3, 0.4) is 0 Å². The van der Waals surface area contributed by atoms with Gasteiger partial charge in [0.05, 0.1) is 19.2 Å². The van der Waals surface area contributed by atoms with Crippen LogP contribution in [-0.2, 0) is 17.8 Å². The van der Waals surface area contributed by atoms with Gasteiger partial charge in [-0.2, -0.15) is 0 Å². The van der Waals surface area contributed by atoms with Gasteiger partial charge in [0.1, 0.15) is 6.26 Å². The summed E-state index contributed by atoms with van der Waals surface area (Å²) in [6.07, 6.45) is 1.60. The first kappa shape index (κ1) is 17.7. The van der Waals surface area contributed by atoms with E-state index >= 15 is 0 Å². The van der Waals surface area contributed by atoms with Gasteiger partial charge in [0.25, 0.3) is 0 Å². The van der Waals surface area contributed by atoms with E-state index in [9.17, 15) is 9.18 Å². The van der Waals surface area contributed by atoms with Crippen molar-refractivity contribution in [2.24, 2.45) is 0 Å². The minimum atomic E-state index is -0.449. The summed E-state index contributed by atoms with van der Waals surface area (Å²) in [6, 6.07) is 14.1. The number of likely N-dealkylation sites (N-methyl/N-ethyl adjacent to an activating group) is 1. The van der Waals surface area contributed by atoms with Gasteiger partial charge in [0.2, 0.25) is 11.8 Å². The molecule has 0 saturated carbocycles. The standard InChI is InChI=1S/C20H19FN2O3/c1-23(12-14-8-9-18(25-2)17(21)10-14)19(24)11-16-13-26-20(22-16)15-6-4-3-5-7-15/h3-10,13H,11-12H2,1-2H3. The molecular weight excluding hydrogens is 335 g/mol. The Labute approximate surface area is 151 Å². The van der Waals surface area contributed by atoms with Crippen LogP contribution >= 0.6 is 0 Å². The number of carbonyl (C=O) groups excluding carboxylic acids is 1. The number of aromatic nitrogens is 1. The second kappa shape index (κ2) is 7.82. The van der Waals surface area contributed by atoms with Gasteiger partial charge in [0.15, 0.2) is 11.6 Å². The van der Waals surface area contributed by atoms with E-state index in [0.29, 0.717) is 23.7 Å². The Bertz CT molecular complexity index is 893. The number of benzene rings is 2. The largest absolute Gasteiger partial charge is 0.494 e. The summed E-state index contributed by atoms with van der Waals surface area (Å²) in [5.74, 6) is 0.0797. The molecule has 26 heavy (non-hydrogen) atoms. The van der Waals surface area contributed by atoms with Gasteiger partial charge in [-0.05, 0) is 29.8 Å². The van der Waals surface area contributed by atoms with E-state index in [1.807, 2.05) is 30.3 Å². The number of halogens is 1. The normalized spacial score (nSPS) is 10.6. The first-order valence-corrected chi connectivity index (χ1v) is 8.13. The second-order valence-electron chi connectivity index (χ2n) is 5.91. The van der Waals surface area contributed by atoms with Crippen LogP contribution in [0.5, 0.6) is 5.75 Å². The van der Waals surface area contributed by atoms with E-state index in [1.165, 1.54) is 24.3 Å². The number of ether oxygens (including phenoxy) is 1. The Hall–Kier alpha value is -3.15. The number of hydrogen-bond donors (Lipinski definition) is 0. The molecule has 0 fully saturated rings. The van der Waals surface area contributed by atoms with Gasteiger partial charge < -0.3 is 14.1 Å². The summed E-state index contributed by atoms with van der Waals surface area (Å²) in [6.45, 7) is 0.295. The Balaban J connectivity index is 1.63. The number of rotatable bonds is 6. The lowest BCUT2D eigenvalue weighted by Gasteiger charge is -2.17. The zero-order chi connectivity index (χ0) is 18.5. The van der Waals surface area contributed by atoms with E-state index in [-0.39, 0.29) is 18.1 Å². The monoisotopic (exact) mass is 354 g/mol. The highest BCUT2D eigenvalue weighted by Crippen LogP contribution is 2.20. The molecule has 0 saturated heterocycles. The lowest BCUT2D eigenvalue weighted by Crippen LogP contribution is -2.27.